The predicted octanol–water partition coefficient (Wildman–Crippen LogP) is 4.67. The second-order valence-corrected chi connectivity index (χ2v) is 7.52. The predicted molar refractivity (Wildman–Crippen MR) is 122 cm³/mol. The number of hydrogen-bond acceptors (Lipinski definition) is 6. The number of nitrogens with zero attached hydrogens (tertiary/aromatic N) is 2. The minimum atomic E-state index is -0.573. The summed E-state index contributed by atoms with van der Waals surface area (Å²) in [5, 5.41) is 6.13. The Hall–Kier alpha value is -3.23. The molecule has 168 valence electrons. The van der Waals surface area contributed by atoms with Gasteiger partial charge >= 0.3 is 0 Å². The van der Waals surface area contributed by atoms with Gasteiger partial charge in [-0.25, -0.2) is 13.8 Å². The Balaban J connectivity index is 0.000000913. The topological polar surface area (TPSA) is 66.5 Å². The van der Waals surface area contributed by atoms with Gasteiger partial charge in [-0.05, 0) is 62.6 Å². The third-order valence-corrected chi connectivity index (χ3v) is 4.72. The summed E-state index contributed by atoms with van der Waals surface area (Å²) < 4.78 is 33.0. The maximum atomic E-state index is 13.8. The first-order valence-corrected chi connectivity index (χ1v) is 10.2. The standard InChI is InChI=1S/C21H16ClF2N3O2.C2H7N/c22-14-4-7-19(18(24)9-14)29-16-10-27(11-16)21-3-1-2-20(26-21)25-15-5-6-17(23)13(8-15)12-28;1-3-2/h1-9,12,16H,10-11H2,(H,25,26);3H,1-2H3. The Kier molecular flexibility index (Phi) is 7.97. The first kappa shape index (κ1) is 23.4. The van der Waals surface area contributed by atoms with Crippen molar-refractivity contribution in [1.29, 1.82) is 0 Å². The molecule has 1 fully saturated rings. The smallest absolute Gasteiger partial charge is 0.166 e. The van der Waals surface area contributed by atoms with Crippen molar-refractivity contribution in [3.05, 3.63) is 76.8 Å². The number of rotatable bonds is 6. The Morgan fingerprint density at radius 3 is 2.53 bits per heavy atom. The first-order valence-electron chi connectivity index (χ1n) is 9.87. The van der Waals surface area contributed by atoms with Crippen molar-refractivity contribution in [3.8, 4) is 5.75 Å². The van der Waals surface area contributed by atoms with Gasteiger partial charge in [0.15, 0.2) is 17.9 Å². The fraction of sp³-hybridized carbons (Fsp3) is 0.217. The number of anilines is 3. The van der Waals surface area contributed by atoms with Crippen molar-refractivity contribution >= 4 is 35.2 Å². The van der Waals surface area contributed by atoms with Gasteiger partial charge in [-0.1, -0.05) is 17.7 Å². The number of hydrogen-bond donors (Lipinski definition) is 2. The second kappa shape index (κ2) is 10.9. The SMILES string of the molecule is CNC.O=Cc1cc(Nc2cccc(N3CC(Oc4ccc(Cl)cc4F)C3)n2)ccc1F. The molecule has 0 saturated carbocycles. The van der Waals surface area contributed by atoms with E-state index in [1.807, 2.05) is 31.1 Å². The lowest BCUT2D eigenvalue weighted by molar-refractivity contribution is 0.112. The summed E-state index contributed by atoms with van der Waals surface area (Å²) in [6, 6.07) is 13.9. The van der Waals surface area contributed by atoms with Crippen LogP contribution in [-0.2, 0) is 0 Å². The molecule has 0 bridgehead atoms. The molecule has 0 amide bonds. The summed E-state index contributed by atoms with van der Waals surface area (Å²) in [5.41, 5.74) is 0.532. The quantitative estimate of drug-likeness (QED) is 0.521. The molecule has 6 nitrogen and oxygen atoms in total. The molecule has 2 heterocycles. The molecule has 2 N–H and O–H groups in total. The first-order chi connectivity index (χ1) is 15.4. The number of ether oxygens (including phenoxy) is 1. The van der Waals surface area contributed by atoms with Gasteiger partial charge in [-0.2, -0.15) is 0 Å². The minimum Gasteiger partial charge on any atom is -0.484 e. The van der Waals surface area contributed by atoms with E-state index >= 15 is 0 Å². The lowest BCUT2D eigenvalue weighted by Crippen LogP contribution is -2.54. The van der Waals surface area contributed by atoms with Gasteiger partial charge in [0.2, 0.25) is 0 Å². The van der Waals surface area contributed by atoms with Crippen molar-refractivity contribution < 1.29 is 18.3 Å². The molecule has 4 rings (SSSR count). The van der Waals surface area contributed by atoms with E-state index in [0.29, 0.717) is 35.9 Å². The lowest BCUT2D eigenvalue weighted by Gasteiger charge is -2.39. The molecule has 0 atom stereocenters. The van der Waals surface area contributed by atoms with Crippen LogP contribution >= 0.6 is 11.6 Å². The minimum absolute atomic E-state index is 0.0247. The molecule has 1 aliphatic heterocycles. The zero-order chi connectivity index (χ0) is 23.1. The maximum Gasteiger partial charge on any atom is 0.166 e. The van der Waals surface area contributed by atoms with Crippen molar-refractivity contribution in [2.75, 3.05) is 37.4 Å². The molecular weight excluding hydrogens is 438 g/mol. The van der Waals surface area contributed by atoms with E-state index in [9.17, 15) is 13.6 Å². The monoisotopic (exact) mass is 460 g/mol. The highest BCUT2D eigenvalue weighted by atomic mass is 35.5. The van der Waals surface area contributed by atoms with E-state index in [-0.39, 0.29) is 17.4 Å². The van der Waals surface area contributed by atoms with Crippen LogP contribution in [0.1, 0.15) is 10.4 Å². The molecule has 1 aliphatic rings. The van der Waals surface area contributed by atoms with Crippen molar-refractivity contribution in [2.45, 2.75) is 6.10 Å². The highest BCUT2D eigenvalue weighted by Crippen LogP contribution is 2.27. The Morgan fingerprint density at radius 1 is 1.09 bits per heavy atom. The van der Waals surface area contributed by atoms with Crippen LogP contribution in [0, 0.1) is 11.6 Å². The van der Waals surface area contributed by atoms with E-state index in [1.54, 1.807) is 12.1 Å². The number of aldehydes is 1. The molecule has 2 aromatic carbocycles. The Bertz CT molecular complexity index is 1080. The summed E-state index contributed by atoms with van der Waals surface area (Å²) in [5.74, 6) is 0.387. The second-order valence-electron chi connectivity index (χ2n) is 7.08. The lowest BCUT2D eigenvalue weighted by atomic mass is 10.1. The van der Waals surface area contributed by atoms with Crippen LogP contribution in [0.2, 0.25) is 5.02 Å². The molecule has 0 radical (unpaired) electrons. The Morgan fingerprint density at radius 2 is 1.84 bits per heavy atom. The highest BCUT2D eigenvalue weighted by molar-refractivity contribution is 6.30. The number of halogens is 3. The molecule has 0 spiro atoms. The van der Waals surface area contributed by atoms with Crippen molar-refractivity contribution in [3.63, 3.8) is 0 Å². The zero-order valence-corrected chi connectivity index (χ0v) is 18.4. The third-order valence-electron chi connectivity index (χ3n) is 4.49. The van der Waals surface area contributed by atoms with Gasteiger partial charge < -0.3 is 20.3 Å². The summed E-state index contributed by atoms with van der Waals surface area (Å²) in [4.78, 5) is 17.4. The van der Waals surface area contributed by atoms with E-state index in [1.165, 1.54) is 30.3 Å². The summed E-state index contributed by atoms with van der Waals surface area (Å²) in [6.45, 7) is 1.12. The van der Waals surface area contributed by atoms with Crippen LogP contribution < -0.4 is 20.3 Å². The van der Waals surface area contributed by atoms with Crippen LogP contribution in [-0.4, -0.2) is 44.6 Å². The fourth-order valence-corrected chi connectivity index (χ4v) is 3.14. The average molecular weight is 461 g/mol. The molecule has 0 aliphatic carbocycles. The van der Waals surface area contributed by atoms with Gasteiger partial charge in [0.25, 0.3) is 0 Å². The van der Waals surface area contributed by atoms with Gasteiger partial charge in [0, 0.05) is 10.7 Å². The Labute approximate surface area is 190 Å². The van der Waals surface area contributed by atoms with Gasteiger partial charge in [-0.3, -0.25) is 4.79 Å². The van der Waals surface area contributed by atoms with Crippen LogP contribution in [0.25, 0.3) is 0 Å². The molecule has 32 heavy (non-hydrogen) atoms. The van der Waals surface area contributed by atoms with Crippen LogP contribution in [0.5, 0.6) is 5.75 Å². The highest BCUT2D eigenvalue weighted by Gasteiger charge is 2.30. The number of nitrogens with one attached hydrogen (secondary N) is 2. The van der Waals surface area contributed by atoms with E-state index in [4.69, 9.17) is 16.3 Å². The van der Waals surface area contributed by atoms with Crippen LogP contribution in [0.15, 0.2) is 54.6 Å². The number of aromatic nitrogens is 1. The molecular formula is C23H23ClF2N4O2. The molecule has 3 aromatic rings. The number of pyridine rings is 1. The number of carbonyl (C=O) groups is 1. The van der Waals surface area contributed by atoms with E-state index < -0.39 is 11.6 Å². The molecule has 1 aromatic heterocycles. The molecule has 1 saturated heterocycles. The third kappa shape index (κ3) is 5.93. The van der Waals surface area contributed by atoms with Gasteiger partial charge in [-0.15, -0.1) is 0 Å². The maximum absolute atomic E-state index is 13.8. The average Bonchev–Trinajstić information content (AvgIpc) is 2.74. The molecule has 0 unspecified atom stereocenters. The van der Waals surface area contributed by atoms with E-state index in [2.05, 4.69) is 15.6 Å². The van der Waals surface area contributed by atoms with Crippen LogP contribution in [0.4, 0.5) is 26.1 Å². The normalized spacial score (nSPS) is 13.0. The fourth-order valence-electron chi connectivity index (χ4n) is 2.98. The van der Waals surface area contributed by atoms with Gasteiger partial charge in [0.05, 0.1) is 18.7 Å². The van der Waals surface area contributed by atoms with Crippen LogP contribution in [0.3, 0.4) is 0 Å². The summed E-state index contributed by atoms with van der Waals surface area (Å²) in [7, 11) is 3.75. The van der Waals surface area contributed by atoms with Crippen molar-refractivity contribution in [1.82, 2.24) is 10.3 Å². The molecule has 9 heteroatoms. The van der Waals surface area contributed by atoms with Gasteiger partial charge in [0.1, 0.15) is 23.6 Å². The summed E-state index contributed by atoms with van der Waals surface area (Å²) >= 11 is 5.75. The largest absolute Gasteiger partial charge is 0.484 e. The number of carbonyl (C=O) groups excluding carboxylic acids is 1. The summed E-state index contributed by atoms with van der Waals surface area (Å²) in [6.07, 6.45) is 0.310. The zero-order valence-electron chi connectivity index (χ0n) is 17.6. The van der Waals surface area contributed by atoms with Crippen molar-refractivity contribution in [2.24, 2.45) is 0 Å². The van der Waals surface area contributed by atoms with E-state index in [0.717, 1.165) is 5.82 Å². The number of benzene rings is 2.